The van der Waals surface area contributed by atoms with Crippen LogP contribution in [0.5, 0.6) is 0 Å². The summed E-state index contributed by atoms with van der Waals surface area (Å²) in [4.78, 5) is 22.0. The molecule has 4 heterocycles. The molecule has 3 aromatic heterocycles. The average Bonchev–Trinajstić information content (AvgIpc) is 2.73. The Morgan fingerprint density at radius 1 is 1.00 bits per heavy atom. The highest BCUT2D eigenvalue weighted by Crippen LogP contribution is 2.31. The van der Waals surface area contributed by atoms with Crippen molar-refractivity contribution in [3.8, 4) is 11.5 Å². The molecule has 32 heavy (non-hydrogen) atoms. The van der Waals surface area contributed by atoms with Crippen LogP contribution in [0, 0.1) is 6.92 Å². The second-order valence-corrected chi connectivity index (χ2v) is 7.34. The summed E-state index contributed by atoms with van der Waals surface area (Å²) in [6.07, 6.45) is -3.81. The van der Waals surface area contributed by atoms with Crippen molar-refractivity contribution in [2.75, 3.05) is 23.3 Å². The SMILES string of the molecule is Cc1cc(Nc2nc(-c3cccc(C(F)(F)F)n3)nc(N3CCC(F)(F)CC3)n2)ccn1. The summed E-state index contributed by atoms with van der Waals surface area (Å²) in [5, 5.41) is 2.97. The summed E-state index contributed by atoms with van der Waals surface area (Å²) in [6, 6.07) is 6.79. The molecule has 1 fully saturated rings. The summed E-state index contributed by atoms with van der Waals surface area (Å²) < 4.78 is 66.5. The highest BCUT2D eigenvalue weighted by Gasteiger charge is 2.35. The number of alkyl halides is 5. The van der Waals surface area contributed by atoms with Gasteiger partial charge in [0.15, 0.2) is 5.82 Å². The van der Waals surface area contributed by atoms with Crippen molar-refractivity contribution in [2.45, 2.75) is 31.9 Å². The van der Waals surface area contributed by atoms with Crippen LogP contribution in [0.2, 0.25) is 0 Å². The molecule has 1 aliphatic heterocycles. The molecule has 1 aliphatic rings. The van der Waals surface area contributed by atoms with Crippen LogP contribution in [-0.2, 0) is 6.18 Å². The highest BCUT2D eigenvalue weighted by molar-refractivity contribution is 5.59. The molecular formula is C20H18F5N7. The van der Waals surface area contributed by atoms with Crippen molar-refractivity contribution >= 4 is 17.6 Å². The fraction of sp³-hybridized carbons (Fsp3) is 0.350. The van der Waals surface area contributed by atoms with E-state index in [-0.39, 0.29) is 49.3 Å². The molecule has 7 nitrogen and oxygen atoms in total. The van der Waals surface area contributed by atoms with Crippen LogP contribution < -0.4 is 10.2 Å². The zero-order valence-corrected chi connectivity index (χ0v) is 16.9. The first-order valence-electron chi connectivity index (χ1n) is 9.72. The fourth-order valence-corrected chi connectivity index (χ4v) is 3.18. The van der Waals surface area contributed by atoms with E-state index in [0.29, 0.717) is 5.69 Å². The van der Waals surface area contributed by atoms with E-state index < -0.39 is 17.8 Å². The first-order valence-corrected chi connectivity index (χ1v) is 9.72. The standard InChI is InChI=1S/C20H18F5N7/c1-12-11-13(5-8-26-12)27-17-29-16(14-3-2-4-15(28-14)20(23,24)25)30-18(31-17)32-9-6-19(21,22)7-10-32/h2-5,8,11H,6-7,9-10H2,1H3,(H,26,27,29,30,31). The van der Waals surface area contributed by atoms with Crippen LogP contribution in [0.1, 0.15) is 24.2 Å². The van der Waals surface area contributed by atoms with Gasteiger partial charge in [0, 0.05) is 43.5 Å². The molecule has 3 aromatic rings. The van der Waals surface area contributed by atoms with Gasteiger partial charge in [0.05, 0.1) is 0 Å². The van der Waals surface area contributed by atoms with Gasteiger partial charge in [-0.1, -0.05) is 6.07 Å². The highest BCUT2D eigenvalue weighted by atomic mass is 19.4. The van der Waals surface area contributed by atoms with E-state index in [1.165, 1.54) is 12.1 Å². The lowest BCUT2D eigenvalue weighted by atomic mass is 10.1. The van der Waals surface area contributed by atoms with Gasteiger partial charge in [-0.15, -0.1) is 0 Å². The van der Waals surface area contributed by atoms with Gasteiger partial charge in [-0.05, 0) is 31.2 Å². The fourth-order valence-electron chi connectivity index (χ4n) is 3.18. The van der Waals surface area contributed by atoms with Crippen LogP contribution in [0.3, 0.4) is 0 Å². The summed E-state index contributed by atoms with van der Waals surface area (Å²) in [5.41, 5.74) is 0.124. The molecule has 0 saturated carbocycles. The van der Waals surface area contributed by atoms with E-state index in [1.54, 1.807) is 30.2 Å². The predicted molar refractivity (Wildman–Crippen MR) is 107 cm³/mol. The lowest BCUT2D eigenvalue weighted by Gasteiger charge is -2.31. The van der Waals surface area contributed by atoms with Gasteiger partial charge >= 0.3 is 6.18 Å². The third kappa shape index (κ3) is 5.06. The summed E-state index contributed by atoms with van der Waals surface area (Å²) in [6.45, 7) is 1.79. The quantitative estimate of drug-likeness (QED) is 0.579. The van der Waals surface area contributed by atoms with Crippen LogP contribution in [0.4, 0.5) is 39.5 Å². The molecule has 1 N–H and O–H groups in total. The molecule has 12 heteroatoms. The Morgan fingerprint density at radius 3 is 2.44 bits per heavy atom. The molecule has 0 aliphatic carbocycles. The summed E-state index contributed by atoms with van der Waals surface area (Å²) in [7, 11) is 0. The third-order valence-electron chi connectivity index (χ3n) is 4.82. The molecule has 4 rings (SSSR count). The Balaban J connectivity index is 1.74. The Kier molecular flexibility index (Phi) is 5.61. The van der Waals surface area contributed by atoms with E-state index in [2.05, 4.69) is 30.2 Å². The number of hydrogen-bond acceptors (Lipinski definition) is 7. The number of nitrogens with zero attached hydrogens (tertiary/aromatic N) is 6. The van der Waals surface area contributed by atoms with E-state index >= 15 is 0 Å². The lowest BCUT2D eigenvalue weighted by molar-refractivity contribution is -0.141. The summed E-state index contributed by atoms with van der Waals surface area (Å²) >= 11 is 0. The van der Waals surface area contributed by atoms with E-state index in [9.17, 15) is 22.0 Å². The Hall–Kier alpha value is -3.44. The van der Waals surface area contributed by atoms with Crippen molar-refractivity contribution in [2.24, 2.45) is 0 Å². The normalized spacial score (nSPS) is 16.1. The number of halogens is 5. The second-order valence-electron chi connectivity index (χ2n) is 7.34. The average molecular weight is 451 g/mol. The van der Waals surface area contributed by atoms with Gasteiger partial charge in [-0.2, -0.15) is 28.1 Å². The van der Waals surface area contributed by atoms with Crippen molar-refractivity contribution in [1.82, 2.24) is 24.9 Å². The van der Waals surface area contributed by atoms with Gasteiger partial charge in [0.1, 0.15) is 11.4 Å². The number of piperidine rings is 1. The number of hydrogen-bond donors (Lipinski definition) is 1. The minimum atomic E-state index is -4.64. The zero-order chi connectivity index (χ0) is 22.9. The van der Waals surface area contributed by atoms with Gasteiger partial charge in [0.2, 0.25) is 11.9 Å². The largest absolute Gasteiger partial charge is 0.433 e. The number of rotatable bonds is 4. The van der Waals surface area contributed by atoms with Crippen LogP contribution in [0.25, 0.3) is 11.5 Å². The van der Waals surface area contributed by atoms with Crippen molar-refractivity contribution in [3.63, 3.8) is 0 Å². The first kappa shape index (κ1) is 21.8. The number of nitrogens with one attached hydrogen (secondary N) is 1. The van der Waals surface area contributed by atoms with E-state index in [4.69, 9.17) is 0 Å². The van der Waals surface area contributed by atoms with Crippen molar-refractivity contribution in [1.29, 1.82) is 0 Å². The molecule has 0 amide bonds. The molecule has 0 aromatic carbocycles. The minimum Gasteiger partial charge on any atom is -0.340 e. The van der Waals surface area contributed by atoms with Gasteiger partial charge in [0.25, 0.3) is 5.92 Å². The first-order chi connectivity index (χ1) is 15.1. The molecule has 0 bridgehead atoms. The molecule has 0 unspecified atom stereocenters. The Morgan fingerprint density at radius 2 is 1.75 bits per heavy atom. The van der Waals surface area contributed by atoms with Crippen LogP contribution in [-0.4, -0.2) is 43.9 Å². The van der Waals surface area contributed by atoms with Crippen molar-refractivity contribution in [3.05, 3.63) is 47.9 Å². The Labute approximate surface area is 179 Å². The minimum absolute atomic E-state index is 0.000276. The van der Waals surface area contributed by atoms with Gasteiger partial charge < -0.3 is 10.2 Å². The molecular weight excluding hydrogens is 433 g/mol. The maximum Gasteiger partial charge on any atom is 0.433 e. The smallest absolute Gasteiger partial charge is 0.340 e. The van der Waals surface area contributed by atoms with Crippen molar-refractivity contribution < 1.29 is 22.0 Å². The van der Waals surface area contributed by atoms with Gasteiger partial charge in [-0.3, -0.25) is 4.98 Å². The van der Waals surface area contributed by atoms with E-state index in [1.807, 2.05) is 0 Å². The Bertz CT molecular complexity index is 1110. The third-order valence-corrected chi connectivity index (χ3v) is 4.82. The zero-order valence-electron chi connectivity index (χ0n) is 16.9. The second kappa shape index (κ2) is 8.24. The molecule has 0 radical (unpaired) electrons. The number of aromatic nitrogens is 5. The molecule has 168 valence electrons. The maximum atomic E-state index is 13.6. The number of anilines is 3. The maximum absolute atomic E-state index is 13.6. The predicted octanol–water partition coefficient (Wildman–Crippen LogP) is 4.63. The lowest BCUT2D eigenvalue weighted by Crippen LogP contribution is -2.40. The topological polar surface area (TPSA) is 79.7 Å². The van der Waals surface area contributed by atoms with E-state index in [0.717, 1.165) is 11.8 Å². The molecule has 0 atom stereocenters. The summed E-state index contributed by atoms with van der Waals surface area (Å²) in [5.74, 6) is -2.75. The molecule has 0 spiro atoms. The monoisotopic (exact) mass is 451 g/mol. The number of pyridine rings is 2. The van der Waals surface area contributed by atoms with Crippen LogP contribution in [0.15, 0.2) is 36.5 Å². The van der Waals surface area contributed by atoms with Crippen LogP contribution >= 0.6 is 0 Å². The van der Waals surface area contributed by atoms with Gasteiger partial charge in [-0.25, -0.2) is 13.8 Å². The molecule has 1 saturated heterocycles. The number of aryl methyl sites for hydroxylation is 1.